The lowest BCUT2D eigenvalue weighted by Crippen LogP contribution is -2.43. The third-order valence-corrected chi connectivity index (χ3v) is 3.93. The third-order valence-electron chi connectivity index (χ3n) is 3.93. The van der Waals surface area contributed by atoms with Gasteiger partial charge in [-0.05, 0) is 48.7 Å². The van der Waals surface area contributed by atoms with Crippen molar-refractivity contribution in [3.05, 3.63) is 59.7 Å². The Labute approximate surface area is 134 Å². The predicted octanol–water partition coefficient (Wildman–Crippen LogP) is 2.38. The normalized spacial score (nSPS) is 16.7. The first-order chi connectivity index (χ1) is 11.2. The van der Waals surface area contributed by atoms with Crippen LogP contribution in [0.4, 0.5) is 5.69 Å². The lowest BCUT2D eigenvalue weighted by molar-refractivity contribution is -0.118. The number of hydrogen-bond donors (Lipinski definition) is 2. The number of aryl methyl sites for hydroxylation is 1. The highest BCUT2D eigenvalue weighted by Crippen LogP contribution is 2.26. The summed E-state index contributed by atoms with van der Waals surface area (Å²) in [5, 5.41) is 5.68. The fourth-order valence-corrected chi connectivity index (χ4v) is 2.65. The fourth-order valence-electron chi connectivity index (χ4n) is 2.65. The Bertz CT molecular complexity index is 728. The molecule has 0 radical (unpaired) electrons. The van der Waals surface area contributed by atoms with Crippen LogP contribution >= 0.6 is 0 Å². The van der Waals surface area contributed by atoms with E-state index >= 15 is 0 Å². The molecule has 0 aromatic heterocycles. The van der Waals surface area contributed by atoms with Gasteiger partial charge in [-0.25, -0.2) is 0 Å². The molecule has 1 heterocycles. The molecule has 0 bridgehead atoms. The molecule has 0 saturated heterocycles. The number of nitrogens with one attached hydrogen (secondary N) is 2. The van der Waals surface area contributed by atoms with Crippen molar-refractivity contribution in [1.82, 2.24) is 5.32 Å². The quantitative estimate of drug-likeness (QED) is 0.914. The summed E-state index contributed by atoms with van der Waals surface area (Å²) in [6.07, 6.45) is 1.23. The number of ether oxygens (including phenoxy) is 1. The van der Waals surface area contributed by atoms with Crippen molar-refractivity contribution >= 4 is 17.5 Å². The molecule has 3 rings (SSSR count). The molecule has 2 amide bonds. The van der Waals surface area contributed by atoms with E-state index in [1.165, 1.54) is 0 Å². The minimum Gasteiger partial charge on any atom is -0.497 e. The summed E-state index contributed by atoms with van der Waals surface area (Å²) in [5.41, 5.74) is 2.32. The molecule has 0 aliphatic carbocycles. The van der Waals surface area contributed by atoms with E-state index in [2.05, 4.69) is 10.6 Å². The molecule has 0 fully saturated rings. The maximum atomic E-state index is 12.3. The van der Waals surface area contributed by atoms with Gasteiger partial charge in [0.05, 0.1) is 7.11 Å². The summed E-state index contributed by atoms with van der Waals surface area (Å²) in [6.45, 7) is 0. The molecule has 1 aliphatic heterocycles. The predicted molar refractivity (Wildman–Crippen MR) is 87.6 cm³/mol. The van der Waals surface area contributed by atoms with Crippen LogP contribution in [0.5, 0.6) is 5.75 Å². The zero-order valence-corrected chi connectivity index (χ0v) is 12.8. The number of benzene rings is 2. The van der Waals surface area contributed by atoms with Gasteiger partial charge < -0.3 is 15.4 Å². The Morgan fingerprint density at radius 2 is 2.00 bits per heavy atom. The van der Waals surface area contributed by atoms with Gasteiger partial charge in [0.2, 0.25) is 5.91 Å². The minimum absolute atomic E-state index is 0.196. The second-order valence-electron chi connectivity index (χ2n) is 5.44. The maximum absolute atomic E-state index is 12.3. The van der Waals surface area contributed by atoms with Gasteiger partial charge in [-0.1, -0.05) is 18.2 Å². The maximum Gasteiger partial charge on any atom is 0.251 e. The molecule has 2 N–H and O–H groups in total. The summed E-state index contributed by atoms with van der Waals surface area (Å²) < 4.78 is 5.21. The Morgan fingerprint density at radius 1 is 1.22 bits per heavy atom. The van der Waals surface area contributed by atoms with E-state index in [0.717, 1.165) is 17.0 Å². The number of anilines is 1. The van der Waals surface area contributed by atoms with Crippen molar-refractivity contribution in [3.63, 3.8) is 0 Å². The van der Waals surface area contributed by atoms with Crippen LogP contribution in [0.3, 0.4) is 0 Å². The molecule has 1 aliphatic rings. The lowest BCUT2D eigenvalue weighted by Gasteiger charge is -2.15. The van der Waals surface area contributed by atoms with Crippen LogP contribution in [0.1, 0.15) is 22.3 Å². The molecule has 23 heavy (non-hydrogen) atoms. The number of amides is 2. The van der Waals surface area contributed by atoms with Crippen LogP contribution in [0, 0.1) is 0 Å². The monoisotopic (exact) mass is 310 g/mol. The number of carbonyl (C=O) groups is 2. The Kier molecular flexibility index (Phi) is 4.28. The molecular weight excluding hydrogens is 292 g/mol. The first kappa shape index (κ1) is 15.1. The van der Waals surface area contributed by atoms with E-state index in [-0.39, 0.29) is 11.8 Å². The van der Waals surface area contributed by atoms with E-state index in [9.17, 15) is 9.59 Å². The lowest BCUT2D eigenvalue weighted by atomic mass is 10.1. The van der Waals surface area contributed by atoms with Gasteiger partial charge in [0.15, 0.2) is 0 Å². The molecule has 1 unspecified atom stereocenters. The summed E-state index contributed by atoms with van der Waals surface area (Å²) in [4.78, 5) is 24.6. The highest BCUT2D eigenvalue weighted by Gasteiger charge is 2.25. The van der Waals surface area contributed by atoms with Crippen molar-refractivity contribution in [3.8, 4) is 5.75 Å². The molecular formula is C18H18N2O3. The van der Waals surface area contributed by atoms with Gasteiger partial charge in [0.25, 0.3) is 5.91 Å². The van der Waals surface area contributed by atoms with Crippen molar-refractivity contribution in [2.45, 2.75) is 18.9 Å². The Morgan fingerprint density at radius 3 is 2.74 bits per heavy atom. The van der Waals surface area contributed by atoms with E-state index in [1.54, 1.807) is 31.4 Å². The second-order valence-corrected chi connectivity index (χ2v) is 5.44. The second kappa shape index (κ2) is 6.52. The van der Waals surface area contributed by atoms with Crippen molar-refractivity contribution < 1.29 is 14.3 Å². The van der Waals surface area contributed by atoms with E-state index in [1.807, 2.05) is 24.3 Å². The molecule has 0 spiro atoms. The summed E-state index contributed by atoms with van der Waals surface area (Å²) >= 11 is 0. The molecule has 5 heteroatoms. The minimum atomic E-state index is -0.555. The topological polar surface area (TPSA) is 67.4 Å². The molecule has 0 saturated carbocycles. The zero-order chi connectivity index (χ0) is 16.2. The Hall–Kier alpha value is -2.82. The SMILES string of the molecule is COc1ccc2c(c1)CCC(NC(=O)c1ccccc1)C(=O)N2. The number of rotatable bonds is 3. The summed E-state index contributed by atoms with van der Waals surface area (Å²) in [6, 6.07) is 13.9. The van der Waals surface area contributed by atoms with Crippen molar-refractivity contribution in [2.24, 2.45) is 0 Å². The van der Waals surface area contributed by atoms with Crippen LogP contribution in [0.2, 0.25) is 0 Å². The van der Waals surface area contributed by atoms with Gasteiger partial charge in [0, 0.05) is 11.3 Å². The average Bonchev–Trinajstić information content (AvgIpc) is 2.74. The van der Waals surface area contributed by atoms with Crippen LogP contribution in [-0.4, -0.2) is 25.0 Å². The first-order valence-corrected chi connectivity index (χ1v) is 7.51. The molecule has 1 atom stereocenters. The van der Waals surface area contributed by atoms with Crippen molar-refractivity contribution in [2.75, 3.05) is 12.4 Å². The molecule has 5 nitrogen and oxygen atoms in total. The fraction of sp³-hybridized carbons (Fsp3) is 0.222. The standard InChI is InChI=1S/C18H18N2O3/c1-23-14-8-10-15-13(11-14)7-9-16(18(22)19-15)20-17(21)12-5-3-2-4-6-12/h2-6,8,10-11,16H,7,9H2,1H3,(H,19,22)(H,20,21). The van der Waals surface area contributed by atoms with E-state index in [4.69, 9.17) is 4.74 Å². The highest BCUT2D eigenvalue weighted by molar-refractivity contribution is 6.01. The third kappa shape index (κ3) is 3.34. The Balaban J connectivity index is 1.74. The number of methoxy groups -OCH3 is 1. The largest absolute Gasteiger partial charge is 0.497 e. The van der Waals surface area contributed by atoms with Gasteiger partial charge in [-0.15, -0.1) is 0 Å². The number of hydrogen-bond acceptors (Lipinski definition) is 3. The van der Waals surface area contributed by atoms with Crippen LogP contribution in [-0.2, 0) is 11.2 Å². The molecule has 2 aromatic rings. The first-order valence-electron chi connectivity index (χ1n) is 7.51. The van der Waals surface area contributed by atoms with Gasteiger partial charge >= 0.3 is 0 Å². The highest BCUT2D eigenvalue weighted by atomic mass is 16.5. The summed E-state index contributed by atoms with van der Waals surface area (Å²) in [7, 11) is 1.61. The molecule has 2 aromatic carbocycles. The van der Waals surface area contributed by atoms with Crippen LogP contribution in [0.15, 0.2) is 48.5 Å². The number of carbonyl (C=O) groups excluding carboxylic acids is 2. The number of fused-ring (bicyclic) bond motifs is 1. The smallest absolute Gasteiger partial charge is 0.251 e. The van der Waals surface area contributed by atoms with E-state index in [0.29, 0.717) is 18.4 Å². The molecule has 118 valence electrons. The van der Waals surface area contributed by atoms with Gasteiger partial charge in [0.1, 0.15) is 11.8 Å². The zero-order valence-electron chi connectivity index (χ0n) is 12.8. The van der Waals surface area contributed by atoms with Gasteiger partial charge in [-0.3, -0.25) is 9.59 Å². The van der Waals surface area contributed by atoms with Crippen molar-refractivity contribution in [1.29, 1.82) is 0 Å². The van der Waals surface area contributed by atoms with Gasteiger partial charge in [-0.2, -0.15) is 0 Å². The summed E-state index contributed by atoms with van der Waals surface area (Å²) in [5.74, 6) is 0.317. The van der Waals surface area contributed by atoms with Crippen LogP contribution in [0.25, 0.3) is 0 Å². The van der Waals surface area contributed by atoms with Crippen LogP contribution < -0.4 is 15.4 Å². The van der Waals surface area contributed by atoms with E-state index < -0.39 is 6.04 Å². The average molecular weight is 310 g/mol.